The molecule has 0 radical (unpaired) electrons. The Morgan fingerprint density at radius 3 is 2.50 bits per heavy atom. The molecule has 1 heterocycles. The van der Waals surface area contributed by atoms with Gasteiger partial charge in [0.1, 0.15) is 17.2 Å². The number of rotatable bonds is 3. The maximum atomic E-state index is 6.01. The Morgan fingerprint density at radius 1 is 1.15 bits per heavy atom. The fourth-order valence-corrected chi connectivity index (χ4v) is 2.36. The zero-order valence-corrected chi connectivity index (χ0v) is 13.2. The molecule has 0 amide bonds. The molecule has 0 aliphatic heterocycles. The minimum absolute atomic E-state index is 0.0332. The average molecular weight is 311 g/mol. The van der Waals surface area contributed by atoms with Crippen molar-refractivity contribution >= 4 is 23.2 Å². The summed E-state index contributed by atoms with van der Waals surface area (Å²) in [4.78, 5) is 8.04. The average Bonchev–Trinajstić information content (AvgIpc) is 2.38. The lowest BCUT2D eigenvalue weighted by molar-refractivity contribution is 0.435. The molecular weight excluding hydrogens is 295 g/mol. The Balaban J connectivity index is 2.44. The van der Waals surface area contributed by atoms with Gasteiger partial charge in [0, 0.05) is 5.56 Å². The SMILES string of the molecule is CC(C)(C)c1ccccc1Oc1ncnc(Cl)c1CCl. The van der Waals surface area contributed by atoms with Crippen molar-refractivity contribution in [2.24, 2.45) is 0 Å². The van der Waals surface area contributed by atoms with Crippen LogP contribution in [0.25, 0.3) is 0 Å². The van der Waals surface area contributed by atoms with Gasteiger partial charge in [-0.05, 0) is 11.5 Å². The van der Waals surface area contributed by atoms with Crippen LogP contribution < -0.4 is 4.74 Å². The predicted octanol–water partition coefficient (Wildman–Crippen LogP) is 4.96. The van der Waals surface area contributed by atoms with E-state index in [9.17, 15) is 0 Å². The molecule has 0 saturated heterocycles. The van der Waals surface area contributed by atoms with Crippen LogP contribution in [-0.4, -0.2) is 9.97 Å². The molecule has 0 fully saturated rings. The summed E-state index contributed by atoms with van der Waals surface area (Å²) in [5.41, 5.74) is 1.66. The van der Waals surface area contributed by atoms with Crippen molar-refractivity contribution < 1.29 is 4.74 Å². The number of halogens is 2. The normalized spacial score (nSPS) is 11.4. The number of nitrogens with zero attached hydrogens (tertiary/aromatic N) is 2. The predicted molar refractivity (Wildman–Crippen MR) is 81.8 cm³/mol. The van der Waals surface area contributed by atoms with E-state index in [0.29, 0.717) is 16.6 Å². The molecule has 1 aromatic carbocycles. The molecule has 0 aliphatic carbocycles. The van der Waals surface area contributed by atoms with Gasteiger partial charge in [0.05, 0.1) is 11.4 Å². The lowest BCUT2D eigenvalue weighted by Crippen LogP contribution is -2.12. The minimum atomic E-state index is -0.0332. The summed E-state index contributed by atoms with van der Waals surface area (Å²) in [6.07, 6.45) is 1.37. The highest BCUT2D eigenvalue weighted by atomic mass is 35.5. The van der Waals surface area contributed by atoms with Crippen molar-refractivity contribution in [1.82, 2.24) is 9.97 Å². The van der Waals surface area contributed by atoms with Gasteiger partial charge in [-0.1, -0.05) is 50.6 Å². The quantitative estimate of drug-likeness (QED) is 0.593. The maximum Gasteiger partial charge on any atom is 0.228 e. The van der Waals surface area contributed by atoms with Gasteiger partial charge in [0.2, 0.25) is 5.88 Å². The Kier molecular flexibility index (Phi) is 4.51. The number of benzene rings is 1. The fraction of sp³-hybridized carbons (Fsp3) is 0.333. The molecule has 0 N–H and O–H groups in total. The van der Waals surface area contributed by atoms with Crippen molar-refractivity contribution in [3.63, 3.8) is 0 Å². The van der Waals surface area contributed by atoms with Crippen LogP contribution in [0.1, 0.15) is 31.9 Å². The summed E-state index contributed by atoms with van der Waals surface area (Å²) in [6, 6.07) is 7.86. The van der Waals surface area contributed by atoms with Crippen LogP contribution in [0, 0.1) is 0 Å². The van der Waals surface area contributed by atoms with Crippen molar-refractivity contribution in [1.29, 1.82) is 0 Å². The van der Waals surface area contributed by atoms with Crippen molar-refractivity contribution in [2.75, 3.05) is 0 Å². The summed E-state index contributed by atoms with van der Waals surface area (Å²) in [6.45, 7) is 6.39. The fourth-order valence-electron chi connectivity index (χ4n) is 1.86. The second-order valence-corrected chi connectivity index (χ2v) is 6.06. The molecule has 0 spiro atoms. The van der Waals surface area contributed by atoms with E-state index in [-0.39, 0.29) is 11.3 Å². The molecule has 0 bridgehead atoms. The van der Waals surface area contributed by atoms with Gasteiger partial charge in [0.15, 0.2) is 0 Å². The molecule has 106 valence electrons. The van der Waals surface area contributed by atoms with E-state index in [1.165, 1.54) is 6.33 Å². The molecule has 0 aliphatic rings. The second kappa shape index (κ2) is 5.98. The summed E-state index contributed by atoms with van der Waals surface area (Å²) >= 11 is 11.9. The van der Waals surface area contributed by atoms with E-state index in [4.69, 9.17) is 27.9 Å². The number of hydrogen-bond donors (Lipinski definition) is 0. The number of ether oxygens (including phenoxy) is 1. The highest BCUT2D eigenvalue weighted by molar-refractivity contribution is 6.31. The Morgan fingerprint density at radius 2 is 1.85 bits per heavy atom. The minimum Gasteiger partial charge on any atom is -0.438 e. The molecule has 1 aromatic heterocycles. The highest BCUT2D eigenvalue weighted by Crippen LogP contribution is 2.35. The third-order valence-electron chi connectivity index (χ3n) is 2.89. The molecule has 20 heavy (non-hydrogen) atoms. The van der Waals surface area contributed by atoms with E-state index >= 15 is 0 Å². The molecular formula is C15H16Cl2N2O. The molecule has 0 saturated carbocycles. The van der Waals surface area contributed by atoms with Crippen LogP contribution in [0.15, 0.2) is 30.6 Å². The number of hydrogen-bond acceptors (Lipinski definition) is 3. The van der Waals surface area contributed by atoms with E-state index in [0.717, 1.165) is 11.3 Å². The topological polar surface area (TPSA) is 35.0 Å². The first-order chi connectivity index (χ1) is 9.43. The van der Waals surface area contributed by atoms with Crippen LogP contribution in [0.2, 0.25) is 5.15 Å². The van der Waals surface area contributed by atoms with E-state index in [1.54, 1.807) is 0 Å². The second-order valence-electron chi connectivity index (χ2n) is 5.43. The summed E-state index contributed by atoms with van der Waals surface area (Å²) < 4.78 is 5.92. The number of para-hydroxylation sites is 1. The Labute approximate surface area is 128 Å². The zero-order chi connectivity index (χ0) is 14.8. The number of alkyl halides is 1. The first kappa shape index (κ1) is 15.1. The number of aromatic nitrogens is 2. The van der Waals surface area contributed by atoms with Crippen LogP contribution in [-0.2, 0) is 11.3 Å². The van der Waals surface area contributed by atoms with Crippen LogP contribution >= 0.6 is 23.2 Å². The molecule has 0 unspecified atom stereocenters. The molecule has 5 heteroatoms. The maximum absolute atomic E-state index is 6.01. The van der Waals surface area contributed by atoms with Crippen LogP contribution in [0.3, 0.4) is 0 Å². The van der Waals surface area contributed by atoms with Crippen molar-refractivity contribution in [3.05, 3.63) is 46.9 Å². The third-order valence-corrected chi connectivity index (χ3v) is 3.48. The zero-order valence-electron chi connectivity index (χ0n) is 11.7. The van der Waals surface area contributed by atoms with Crippen molar-refractivity contribution in [3.8, 4) is 11.6 Å². The van der Waals surface area contributed by atoms with Gasteiger partial charge in [-0.15, -0.1) is 11.6 Å². The van der Waals surface area contributed by atoms with Gasteiger partial charge in [0.25, 0.3) is 0 Å². The monoisotopic (exact) mass is 310 g/mol. The third kappa shape index (κ3) is 3.22. The first-order valence-electron chi connectivity index (χ1n) is 6.26. The van der Waals surface area contributed by atoms with Gasteiger partial charge < -0.3 is 4.74 Å². The van der Waals surface area contributed by atoms with Gasteiger partial charge >= 0.3 is 0 Å². The largest absolute Gasteiger partial charge is 0.438 e. The van der Waals surface area contributed by atoms with Crippen LogP contribution in [0.5, 0.6) is 11.6 Å². The van der Waals surface area contributed by atoms with E-state index in [1.807, 2.05) is 24.3 Å². The Bertz CT molecular complexity index is 609. The van der Waals surface area contributed by atoms with Crippen molar-refractivity contribution in [2.45, 2.75) is 32.1 Å². The lowest BCUT2D eigenvalue weighted by Gasteiger charge is -2.22. The molecule has 2 rings (SSSR count). The van der Waals surface area contributed by atoms with E-state index < -0.39 is 0 Å². The standard InChI is InChI=1S/C15H16Cl2N2O/c1-15(2,3)11-6-4-5-7-12(11)20-14-10(8-16)13(17)18-9-19-14/h4-7,9H,8H2,1-3H3. The van der Waals surface area contributed by atoms with Gasteiger partial charge in [-0.25, -0.2) is 9.97 Å². The summed E-state index contributed by atoms with van der Waals surface area (Å²) in [5, 5.41) is 0.318. The molecule has 3 nitrogen and oxygen atoms in total. The van der Waals surface area contributed by atoms with Gasteiger partial charge in [-0.2, -0.15) is 0 Å². The first-order valence-corrected chi connectivity index (χ1v) is 7.17. The lowest BCUT2D eigenvalue weighted by atomic mass is 9.86. The smallest absolute Gasteiger partial charge is 0.228 e. The van der Waals surface area contributed by atoms with Crippen LogP contribution in [0.4, 0.5) is 0 Å². The van der Waals surface area contributed by atoms with E-state index in [2.05, 4.69) is 30.7 Å². The van der Waals surface area contributed by atoms with Gasteiger partial charge in [-0.3, -0.25) is 0 Å². The summed E-state index contributed by atoms with van der Waals surface area (Å²) in [5.74, 6) is 1.35. The molecule has 2 aromatic rings. The molecule has 0 atom stereocenters. The Hall–Kier alpha value is -1.32. The summed E-state index contributed by atoms with van der Waals surface area (Å²) in [7, 11) is 0. The highest BCUT2D eigenvalue weighted by Gasteiger charge is 2.20.